The Balaban J connectivity index is -0.00000000666. The van der Waals surface area contributed by atoms with E-state index in [1.165, 1.54) is 0 Å². The number of carboxylic acid groups (broad SMARTS) is 10. The van der Waals surface area contributed by atoms with Crippen molar-refractivity contribution in [3.8, 4) is 0 Å². The Bertz CT molecular complexity index is 229. The molecule has 0 fully saturated rings. The fourth-order valence-corrected chi connectivity index (χ4v) is 0. The van der Waals surface area contributed by atoms with E-state index in [4.69, 9.17) is 75.0 Å². The van der Waals surface area contributed by atoms with Crippen molar-refractivity contribution in [2.24, 2.45) is 0 Å². The predicted octanol–water partition coefficient (Wildman–Crippen LogP) is -42.2. The van der Waals surface area contributed by atoms with E-state index in [0.29, 0.717) is 0 Å². The van der Waals surface area contributed by atoms with Gasteiger partial charge in [-0.2, -0.15) is 0 Å². The molecule has 0 N–H and O–H groups in total. The molecule has 0 radical (unpaired) electrons. The molecule has 0 aromatic rings. The molecule has 0 unspecified atom stereocenters. The second-order valence-electron chi connectivity index (χ2n) is 1.25. The van der Waals surface area contributed by atoms with Gasteiger partial charge in [0.2, 0.25) is 0 Å². The maximum absolute atomic E-state index is 8.33. The van der Waals surface area contributed by atoms with Crippen molar-refractivity contribution in [3.05, 3.63) is 0 Å². The van der Waals surface area contributed by atoms with Gasteiger partial charge in [0.05, 0.1) is 0 Å². The molecule has 0 saturated heterocycles. The van der Waals surface area contributed by atoms with Crippen molar-refractivity contribution in [1.82, 2.24) is 0 Å². The average molecular weight is 530 g/mol. The van der Waals surface area contributed by atoms with E-state index >= 15 is 0 Å². The van der Waals surface area contributed by atoms with Crippen LogP contribution in [0, 0.1) is 0 Å². The van der Waals surface area contributed by atoms with Crippen LogP contribution >= 0.6 is 0 Å². The number of rotatable bonds is 0. The van der Waals surface area contributed by atoms with Crippen LogP contribution in [0.3, 0.4) is 0 Å². The second-order valence-corrected chi connectivity index (χ2v) is 1.25. The van der Waals surface area contributed by atoms with Gasteiger partial charge in [0.25, 0.3) is 0 Å². The molecule has 0 saturated carbocycles. The predicted molar refractivity (Wildman–Crippen MR) is 27.0 cm³/mol. The first-order chi connectivity index (χ1) is 8.66. The molecule has 25 heteroatoms. The molecule has 0 heterocycles. The molecule has 0 aliphatic carbocycles. The summed E-state index contributed by atoms with van der Waals surface area (Å²) in [5.74, 6) is 0. The normalized spacial score (nSPS) is 4.00. The van der Waals surface area contributed by atoms with Crippen LogP contribution in [0.4, 0.5) is 24.0 Å². The topological polar surface area (TPSA) is 316 Å². The van der Waals surface area contributed by atoms with Gasteiger partial charge in [-0.15, -0.1) is 0 Å². The third-order valence-corrected chi connectivity index (χ3v) is 0. The van der Waals surface area contributed by atoms with E-state index in [0.717, 1.165) is 0 Å². The third-order valence-electron chi connectivity index (χ3n) is 0. The van der Waals surface area contributed by atoms with E-state index in [9.17, 15) is 0 Å². The Labute approximate surface area is 391 Å². The number of hydrogen-bond acceptors (Lipinski definition) is 15. The van der Waals surface area contributed by atoms with Gasteiger partial charge in [-0.05, 0) is 30.8 Å². The fourth-order valence-electron chi connectivity index (χ4n) is 0. The third kappa shape index (κ3) is 947. The van der Waals surface area contributed by atoms with Crippen LogP contribution in [0.15, 0.2) is 0 Å². The molecule has 0 bridgehead atoms. The van der Waals surface area contributed by atoms with Gasteiger partial charge in [0, 0.05) is 0 Å². The number of carbonyl (C=O) groups excluding carboxylic acids is 5. The van der Waals surface area contributed by atoms with Gasteiger partial charge in [-0.3, -0.25) is 0 Å². The smallest absolute Gasteiger partial charge is 0.652 e. The minimum absolute atomic E-state index is 0. The zero-order chi connectivity index (χ0) is 17.9. The van der Waals surface area contributed by atoms with Crippen molar-refractivity contribution in [3.63, 3.8) is 0 Å². The molecular weight excluding hydrogens is 530 g/mol. The molecule has 0 aromatic carbocycles. The van der Waals surface area contributed by atoms with Crippen molar-refractivity contribution < 1.29 is 371 Å². The summed E-state index contributed by atoms with van der Waals surface area (Å²) in [5, 5.41) is 83.3. The minimum atomic E-state index is -2.33. The molecule has 0 aromatic heterocycles. The largest absolute Gasteiger partial charge is 1.00 e. The van der Waals surface area contributed by atoms with Gasteiger partial charge in [0.1, 0.15) is 0 Å². The zero-order valence-corrected chi connectivity index (χ0v) is 38.6. The van der Waals surface area contributed by atoms with Crippen LogP contribution in [0.25, 0.3) is 0 Å². The van der Waals surface area contributed by atoms with Crippen molar-refractivity contribution >= 4 is 30.8 Å². The first kappa shape index (κ1) is 99.7. The molecule has 15 nitrogen and oxygen atoms in total. The Morgan fingerprint density at radius 1 is 0.233 bits per heavy atom. The summed E-state index contributed by atoms with van der Waals surface area (Å²) in [7, 11) is 0. The first-order valence-electron chi connectivity index (χ1n) is 3.06. The molecule has 0 amide bonds. The van der Waals surface area contributed by atoms with E-state index in [1.54, 1.807) is 0 Å². The van der Waals surface area contributed by atoms with Gasteiger partial charge < -0.3 is 75.0 Å². The van der Waals surface area contributed by atoms with Crippen LogP contribution in [-0.2, 0) is 0 Å². The van der Waals surface area contributed by atoms with E-state index in [1.807, 2.05) is 0 Å². The second kappa shape index (κ2) is 91.5. The maximum atomic E-state index is 8.33. The maximum Gasteiger partial charge on any atom is 1.00 e. The summed E-state index contributed by atoms with van der Waals surface area (Å²) in [6, 6.07) is 0. The molecule has 30 heavy (non-hydrogen) atoms. The van der Waals surface area contributed by atoms with E-state index < -0.39 is 30.8 Å². The summed E-state index contributed by atoms with van der Waals surface area (Å²) in [4.78, 5) is 41.7. The summed E-state index contributed by atoms with van der Waals surface area (Å²) in [5.41, 5.74) is 0. The van der Waals surface area contributed by atoms with Crippen LogP contribution in [-0.4, -0.2) is 30.8 Å². The van der Waals surface area contributed by atoms with Gasteiger partial charge in [-0.25, -0.2) is 0 Å². The summed E-state index contributed by atoms with van der Waals surface area (Å²) >= 11 is 0. The van der Waals surface area contributed by atoms with E-state index in [-0.39, 0.29) is 296 Å². The van der Waals surface area contributed by atoms with Crippen LogP contribution < -0.4 is 347 Å². The SMILES string of the molecule is O=C([O-])[O-].O=C([O-])[O-].O=C([O-])[O-].O=C([O-])[O-].O=C([O-])[O-].[Na+].[Na+].[Na+].[Na+].[Na+].[Na+].[Na+].[Na+].[Na+].[Na+]. The minimum Gasteiger partial charge on any atom is -0.652 e. The van der Waals surface area contributed by atoms with E-state index in [2.05, 4.69) is 0 Å². The van der Waals surface area contributed by atoms with Crippen molar-refractivity contribution in [2.45, 2.75) is 0 Å². The Kier molecular flexibility index (Phi) is 304. The monoisotopic (exact) mass is 530 g/mol. The Morgan fingerprint density at radius 2 is 0.233 bits per heavy atom. The summed E-state index contributed by atoms with van der Waals surface area (Å²) in [6.45, 7) is 0. The first-order valence-corrected chi connectivity index (χ1v) is 3.06. The van der Waals surface area contributed by atoms with Crippen LogP contribution in [0.1, 0.15) is 0 Å². The molecule has 0 aliphatic heterocycles. The Hall–Kier alpha value is 6.35. The summed E-state index contributed by atoms with van der Waals surface area (Å²) in [6.07, 6.45) is -11.7. The van der Waals surface area contributed by atoms with Gasteiger partial charge >= 0.3 is 296 Å². The fraction of sp³-hybridized carbons (Fsp3) is 0. The van der Waals surface area contributed by atoms with Gasteiger partial charge in [0.15, 0.2) is 0 Å². The Morgan fingerprint density at radius 3 is 0.233 bits per heavy atom. The van der Waals surface area contributed by atoms with Crippen LogP contribution in [0.2, 0.25) is 0 Å². The van der Waals surface area contributed by atoms with Crippen molar-refractivity contribution in [1.29, 1.82) is 0 Å². The van der Waals surface area contributed by atoms with Crippen molar-refractivity contribution in [2.75, 3.05) is 0 Å². The van der Waals surface area contributed by atoms with Crippen LogP contribution in [0.5, 0.6) is 0 Å². The zero-order valence-electron chi connectivity index (χ0n) is 18.6. The quantitative estimate of drug-likeness (QED) is 0.263. The summed E-state index contributed by atoms with van der Waals surface area (Å²) < 4.78 is 0. The molecule has 0 aliphatic rings. The molecule has 0 spiro atoms. The number of hydrogen-bond donors (Lipinski definition) is 0. The molecule has 120 valence electrons. The average Bonchev–Trinajstić information content (AvgIpc) is 1.94. The number of carbonyl (C=O) groups is 5. The molecular formula is C5Na10O15. The molecule has 0 atom stereocenters. The molecule has 0 rings (SSSR count). The standard InChI is InChI=1S/5CH2O3.10Na/c5*2-1(3)4;;;;;;;;;;/h5*(H2,2,3,4);;;;;;;;;;/q;;;;;10*+1/p-10. The van der Waals surface area contributed by atoms with Gasteiger partial charge in [-0.1, -0.05) is 0 Å².